The molecule has 13 heavy (non-hydrogen) atoms. The molecule has 0 saturated carbocycles. The van der Waals surface area contributed by atoms with E-state index in [2.05, 4.69) is 8.85 Å². The summed E-state index contributed by atoms with van der Waals surface area (Å²) in [6, 6.07) is 0. The second kappa shape index (κ2) is 4.92. The molecule has 0 unspecified atom stereocenters. The van der Waals surface area contributed by atoms with E-state index in [9.17, 15) is 17.6 Å². The van der Waals surface area contributed by atoms with Gasteiger partial charge < -0.3 is 8.85 Å². The van der Waals surface area contributed by atoms with Crippen molar-refractivity contribution in [3.63, 3.8) is 0 Å². The van der Waals surface area contributed by atoms with Crippen molar-refractivity contribution in [1.29, 1.82) is 0 Å². The first-order chi connectivity index (χ1) is 5.71. The number of rotatable bonds is 6. The molecule has 80 valence electrons. The van der Waals surface area contributed by atoms with Crippen molar-refractivity contribution in [3.8, 4) is 0 Å². The lowest BCUT2D eigenvalue weighted by Crippen LogP contribution is -2.25. The van der Waals surface area contributed by atoms with Crippen molar-refractivity contribution in [2.75, 3.05) is 13.2 Å². The summed E-state index contributed by atoms with van der Waals surface area (Å²) in [6.07, 6.45) is 0. The topological polar surface area (TPSA) is 18.5 Å². The lowest BCUT2D eigenvalue weighted by atomic mass is 10.4. The minimum absolute atomic E-state index is 0.690. The molecule has 0 aliphatic heterocycles. The second-order valence-electron chi connectivity index (χ2n) is 2.96. The highest BCUT2D eigenvalue weighted by molar-refractivity contribution is 6.17. The highest BCUT2D eigenvalue weighted by atomic mass is 28.3. The van der Waals surface area contributed by atoms with Gasteiger partial charge in [0.2, 0.25) is 0 Å². The Bertz CT molecular complexity index is 127. The summed E-state index contributed by atoms with van der Waals surface area (Å²) in [7, 11) is -1.71. The van der Waals surface area contributed by atoms with E-state index in [0.717, 1.165) is 0 Å². The minimum atomic E-state index is -2.93. The van der Waals surface area contributed by atoms with Gasteiger partial charge >= 0.3 is 10.0 Å². The molecule has 0 aromatic rings. The summed E-state index contributed by atoms with van der Waals surface area (Å²) >= 11 is 0. The number of hydrogen-bond donors (Lipinski definition) is 0. The third kappa shape index (κ3) is 11.9. The second-order valence-corrected chi connectivity index (χ2v) is 4.01. The van der Waals surface area contributed by atoms with E-state index in [1.165, 1.54) is 0 Å². The van der Waals surface area contributed by atoms with Gasteiger partial charge in [0.15, 0.2) is 0 Å². The van der Waals surface area contributed by atoms with E-state index in [0.29, 0.717) is 13.8 Å². The van der Waals surface area contributed by atoms with Gasteiger partial charge in [-0.05, 0) is 0 Å². The zero-order valence-corrected chi connectivity index (χ0v) is 8.86. The fraction of sp³-hybridized carbons (Fsp3) is 1.00. The molecule has 2 nitrogen and oxygen atoms in total. The monoisotopic (exact) mass is 220 g/mol. The van der Waals surface area contributed by atoms with Crippen molar-refractivity contribution in [2.45, 2.75) is 25.7 Å². The quantitative estimate of drug-likeness (QED) is 0.382. The van der Waals surface area contributed by atoms with Crippen LogP contribution in [0.4, 0.5) is 17.6 Å². The summed E-state index contributed by atoms with van der Waals surface area (Å²) in [5.74, 6) is -5.85. The molecule has 0 aliphatic rings. The van der Waals surface area contributed by atoms with Gasteiger partial charge in [-0.3, -0.25) is 0 Å². The largest absolute Gasteiger partial charge is 0.393 e. The molecule has 0 rings (SSSR count). The summed E-state index contributed by atoms with van der Waals surface area (Å²) in [5.41, 5.74) is 0. The highest BCUT2D eigenvalue weighted by Crippen LogP contribution is 2.12. The Balaban J connectivity index is 3.28. The SMILES string of the molecule is CC(F)(F)CO[SiH2]OCC(C)(F)F. The Morgan fingerprint density at radius 2 is 1.23 bits per heavy atom. The van der Waals surface area contributed by atoms with Crippen molar-refractivity contribution in [1.82, 2.24) is 0 Å². The first-order valence-electron chi connectivity index (χ1n) is 3.62. The van der Waals surface area contributed by atoms with E-state index in [1.54, 1.807) is 0 Å². The number of alkyl halides is 4. The van der Waals surface area contributed by atoms with Gasteiger partial charge in [-0.15, -0.1) is 0 Å². The molecule has 0 bridgehead atoms. The maximum Gasteiger partial charge on any atom is 0.304 e. The maximum absolute atomic E-state index is 12.1. The molecule has 0 spiro atoms. The smallest absolute Gasteiger partial charge is 0.304 e. The van der Waals surface area contributed by atoms with Gasteiger partial charge in [0, 0.05) is 13.8 Å². The van der Waals surface area contributed by atoms with Crippen molar-refractivity contribution in [2.24, 2.45) is 0 Å². The normalized spacial score (nSPS) is 13.4. The van der Waals surface area contributed by atoms with Crippen LogP contribution in [0.2, 0.25) is 0 Å². The molecule has 0 fully saturated rings. The lowest BCUT2D eigenvalue weighted by Gasteiger charge is -2.13. The Kier molecular flexibility index (Phi) is 4.86. The van der Waals surface area contributed by atoms with Crippen LogP contribution in [0.25, 0.3) is 0 Å². The Labute approximate surface area is 76.3 Å². The third-order valence-corrected chi connectivity index (χ3v) is 1.62. The third-order valence-electron chi connectivity index (χ3n) is 0.878. The summed E-state index contributed by atoms with van der Waals surface area (Å²) in [4.78, 5) is 0. The van der Waals surface area contributed by atoms with Gasteiger partial charge in [-0.2, -0.15) is 0 Å². The summed E-state index contributed by atoms with van der Waals surface area (Å²) < 4.78 is 57.2. The van der Waals surface area contributed by atoms with Crippen LogP contribution in [-0.4, -0.2) is 35.1 Å². The molecule has 0 radical (unpaired) electrons. The summed E-state index contributed by atoms with van der Waals surface area (Å²) in [6.45, 7) is -0.158. The Hall–Kier alpha value is -0.143. The molecule has 0 aromatic heterocycles. The maximum atomic E-state index is 12.1. The molecule has 0 N–H and O–H groups in total. The van der Waals surface area contributed by atoms with Gasteiger partial charge in [0.25, 0.3) is 11.8 Å². The molecule has 0 heterocycles. The van der Waals surface area contributed by atoms with Crippen LogP contribution >= 0.6 is 0 Å². The zero-order valence-electron chi connectivity index (χ0n) is 7.45. The Morgan fingerprint density at radius 1 is 0.923 bits per heavy atom. The van der Waals surface area contributed by atoms with Crippen LogP contribution < -0.4 is 0 Å². The molecular formula is C6H12F4O2Si. The predicted molar refractivity (Wildman–Crippen MR) is 41.7 cm³/mol. The van der Waals surface area contributed by atoms with Crippen LogP contribution in [0.15, 0.2) is 0 Å². The molecule has 7 heteroatoms. The fourth-order valence-electron chi connectivity index (χ4n) is 0.501. The van der Waals surface area contributed by atoms with E-state index in [1.807, 2.05) is 0 Å². The molecule has 0 aliphatic carbocycles. The van der Waals surface area contributed by atoms with Gasteiger partial charge in [-0.1, -0.05) is 0 Å². The molecule has 0 amide bonds. The van der Waals surface area contributed by atoms with E-state index in [4.69, 9.17) is 0 Å². The first kappa shape index (κ1) is 12.9. The molecule has 0 atom stereocenters. The zero-order chi connectivity index (χ0) is 10.5. The van der Waals surface area contributed by atoms with Crippen LogP contribution in [0.1, 0.15) is 13.8 Å². The first-order valence-corrected chi connectivity index (χ1v) is 4.77. The standard InChI is InChI=1S/C6H12F4O2Si/c1-5(7,8)3-11-13-12-4-6(2,9)10/h3-4,13H2,1-2H3. The van der Waals surface area contributed by atoms with Crippen molar-refractivity contribution < 1.29 is 26.4 Å². The number of hydrogen-bond acceptors (Lipinski definition) is 2. The van der Waals surface area contributed by atoms with E-state index >= 15 is 0 Å². The number of halogens is 4. The van der Waals surface area contributed by atoms with Crippen molar-refractivity contribution >= 4 is 10.0 Å². The average molecular weight is 220 g/mol. The van der Waals surface area contributed by atoms with Crippen LogP contribution in [0.3, 0.4) is 0 Å². The molecular weight excluding hydrogens is 208 g/mol. The minimum Gasteiger partial charge on any atom is -0.393 e. The van der Waals surface area contributed by atoms with E-state index in [-0.39, 0.29) is 0 Å². The van der Waals surface area contributed by atoms with Gasteiger partial charge in [0.1, 0.15) is 0 Å². The Morgan fingerprint density at radius 3 is 1.46 bits per heavy atom. The summed E-state index contributed by atoms with van der Waals surface area (Å²) in [5, 5.41) is 0. The van der Waals surface area contributed by atoms with E-state index < -0.39 is 35.1 Å². The van der Waals surface area contributed by atoms with Crippen LogP contribution in [0, 0.1) is 0 Å². The predicted octanol–water partition coefficient (Wildman–Crippen LogP) is 1.33. The fourth-order valence-corrected chi connectivity index (χ4v) is 1.50. The highest BCUT2D eigenvalue weighted by Gasteiger charge is 2.23. The van der Waals surface area contributed by atoms with Crippen molar-refractivity contribution in [3.05, 3.63) is 0 Å². The molecule has 0 saturated heterocycles. The average Bonchev–Trinajstić information content (AvgIpc) is 1.81. The van der Waals surface area contributed by atoms with Crippen LogP contribution in [-0.2, 0) is 8.85 Å². The lowest BCUT2D eigenvalue weighted by molar-refractivity contribution is -0.0454. The molecule has 0 aromatic carbocycles. The van der Waals surface area contributed by atoms with Gasteiger partial charge in [0.05, 0.1) is 13.2 Å². The van der Waals surface area contributed by atoms with Gasteiger partial charge in [-0.25, -0.2) is 17.6 Å². The van der Waals surface area contributed by atoms with Crippen LogP contribution in [0.5, 0.6) is 0 Å².